The number of guanidine groups is 1. The minimum Gasteiger partial charge on any atom is -0.359 e. The number of nitrogens with one attached hydrogen (secondary N) is 2. The summed E-state index contributed by atoms with van der Waals surface area (Å²) in [4.78, 5) is 19.2. The van der Waals surface area contributed by atoms with Gasteiger partial charge in [-0.25, -0.2) is 0 Å². The summed E-state index contributed by atoms with van der Waals surface area (Å²) in [7, 11) is 1.72. The van der Waals surface area contributed by atoms with E-state index in [9.17, 15) is 4.79 Å². The SMILES string of the molecule is CCNC(=NCC1(c2ccc(Cl)cc2)CCCC1)N1CCC(CC(=O)NC)CC1. The Balaban J connectivity index is 1.68. The summed E-state index contributed by atoms with van der Waals surface area (Å²) in [5.74, 6) is 1.64. The molecule has 2 N–H and O–H groups in total. The highest BCUT2D eigenvalue weighted by Crippen LogP contribution is 2.41. The van der Waals surface area contributed by atoms with Crippen LogP contribution < -0.4 is 10.6 Å². The molecule has 1 aliphatic carbocycles. The van der Waals surface area contributed by atoms with Crippen molar-refractivity contribution in [1.82, 2.24) is 15.5 Å². The average molecular weight is 419 g/mol. The Morgan fingerprint density at radius 3 is 2.45 bits per heavy atom. The van der Waals surface area contributed by atoms with Crippen LogP contribution in [-0.4, -0.2) is 50.0 Å². The van der Waals surface area contributed by atoms with Crippen LogP contribution in [-0.2, 0) is 10.2 Å². The van der Waals surface area contributed by atoms with Crippen LogP contribution in [0.4, 0.5) is 0 Å². The number of halogens is 1. The van der Waals surface area contributed by atoms with Gasteiger partial charge >= 0.3 is 0 Å². The largest absolute Gasteiger partial charge is 0.359 e. The van der Waals surface area contributed by atoms with Gasteiger partial charge in [0.25, 0.3) is 0 Å². The summed E-state index contributed by atoms with van der Waals surface area (Å²) in [6.45, 7) is 5.72. The summed E-state index contributed by atoms with van der Waals surface area (Å²) in [5, 5.41) is 7.03. The lowest BCUT2D eigenvalue weighted by atomic mass is 9.79. The maximum atomic E-state index is 11.7. The van der Waals surface area contributed by atoms with Gasteiger partial charge in [0.15, 0.2) is 5.96 Å². The van der Waals surface area contributed by atoms with Gasteiger partial charge in [-0.05, 0) is 56.2 Å². The molecule has 0 radical (unpaired) electrons. The second-order valence-electron chi connectivity index (χ2n) is 8.47. The molecule has 0 unspecified atom stereocenters. The second kappa shape index (κ2) is 10.3. The van der Waals surface area contributed by atoms with Crippen LogP contribution in [0.2, 0.25) is 5.02 Å². The number of hydrogen-bond acceptors (Lipinski definition) is 2. The Hall–Kier alpha value is -1.75. The number of likely N-dealkylation sites (tertiary alicyclic amines) is 1. The number of hydrogen-bond donors (Lipinski definition) is 2. The quantitative estimate of drug-likeness (QED) is 0.543. The molecule has 0 aromatic heterocycles. The molecule has 1 aromatic carbocycles. The van der Waals surface area contributed by atoms with Crippen molar-refractivity contribution in [2.45, 2.75) is 57.3 Å². The zero-order valence-corrected chi connectivity index (χ0v) is 18.6. The van der Waals surface area contributed by atoms with Crippen LogP contribution in [0, 0.1) is 5.92 Å². The van der Waals surface area contributed by atoms with Gasteiger partial charge in [-0.3, -0.25) is 9.79 Å². The molecule has 1 heterocycles. The molecule has 1 aromatic rings. The molecule has 0 atom stereocenters. The van der Waals surface area contributed by atoms with Crippen molar-refractivity contribution in [3.63, 3.8) is 0 Å². The third-order valence-electron chi connectivity index (χ3n) is 6.55. The minimum absolute atomic E-state index is 0.128. The Morgan fingerprint density at radius 1 is 1.21 bits per heavy atom. The molecular weight excluding hydrogens is 384 g/mol. The van der Waals surface area contributed by atoms with E-state index in [1.807, 2.05) is 12.1 Å². The van der Waals surface area contributed by atoms with Crippen LogP contribution in [0.15, 0.2) is 29.3 Å². The summed E-state index contributed by atoms with van der Waals surface area (Å²) in [5.41, 5.74) is 1.49. The fourth-order valence-electron chi connectivity index (χ4n) is 4.76. The van der Waals surface area contributed by atoms with E-state index in [0.29, 0.717) is 12.3 Å². The molecule has 0 spiro atoms. The summed E-state index contributed by atoms with van der Waals surface area (Å²) in [6.07, 6.45) is 7.62. The molecule has 1 aliphatic heterocycles. The molecule has 160 valence electrons. The van der Waals surface area contributed by atoms with Crippen molar-refractivity contribution < 1.29 is 4.79 Å². The number of carbonyl (C=O) groups excluding carboxylic acids is 1. The standard InChI is InChI=1S/C23H35ClN4O/c1-3-26-22(28-14-10-18(11-15-28)16-21(29)25-2)27-17-23(12-4-5-13-23)19-6-8-20(24)9-7-19/h6-9,18H,3-5,10-17H2,1-2H3,(H,25,29)(H,26,27). The van der Waals surface area contributed by atoms with E-state index in [2.05, 4.69) is 34.6 Å². The summed E-state index contributed by atoms with van der Waals surface area (Å²) in [6, 6.07) is 8.37. The Morgan fingerprint density at radius 2 is 1.86 bits per heavy atom. The lowest BCUT2D eigenvalue weighted by Gasteiger charge is -2.35. The highest BCUT2D eigenvalue weighted by molar-refractivity contribution is 6.30. The molecule has 0 bridgehead atoms. The molecular formula is C23H35ClN4O. The van der Waals surface area contributed by atoms with E-state index in [1.165, 1.54) is 31.2 Å². The number of rotatable bonds is 6. The van der Waals surface area contributed by atoms with Crippen molar-refractivity contribution >= 4 is 23.5 Å². The number of carbonyl (C=O) groups is 1. The van der Waals surface area contributed by atoms with Crippen LogP contribution in [0.1, 0.15) is 57.4 Å². The first-order chi connectivity index (χ1) is 14.1. The summed E-state index contributed by atoms with van der Waals surface area (Å²) >= 11 is 6.12. The lowest BCUT2D eigenvalue weighted by Crippen LogP contribution is -2.46. The predicted molar refractivity (Wildman–Crippen MR) is 121 cm³/mol. The Kier molecular flexibility index (Phi) is 7.82. The van der Waals surface area contributed by atoms with E-state index < -0.39 is 0 Å². The highest BCUT2D eigenvalue weighted by atomic mass is 35.5. The molecule has 1 amide bonds. The smallest absolute Gasteiger partial charge is 0.220 e. The molecule has 2 aliphatic rings. The molecule has 2 fully saturated rings. The van der Waals surface area contributed by atoms with Crippen molar-refractivity contribution in [2.75, 3.05) is 33.2 Å². The first-order valence-electron chi connectivity index (χ1n) is 11.1. The Labute approximate surface area is 180 Å². The van der Waals surface area contributed by atoms with Crippen LogP contribution in [0.25, 0.3) is 0 Å². The molecule has 5 nitrogen and oxygen atoms in total. The summed E-state index contributed by atoms with van der Waals surface area (Å²) < 4.78 is 0. The normalized spacial score (nSPS) is 20.0. The van der Waals surface area contributed by atoms with E-state index in [4.69, 9.17) is 16.6 Å². The molecule has 1 saturated carbocycles. The fourth-order valence-corrected chi connectivity index (χ4v) is 4.88. The number of nitrogens with zero attached hydrogens (tertiary/aromatic N) is 2. The zero-order valence-electron chi connectivity index (χ0n) is 17.8. The second-order valence-corrected chi connectivity index (χ2v) is 8.91. The molecule has 29 heavy (non-hydrogen) atoms. The topological polar surface area (TPSA) is 56.7 Å². The van der Waals surface area contributed by atoms with Gasteiger partial charge in [0.05, 0.1) is 6.54 Å². The molecule has 3 rings (SSSR count). The first-order valence-corrected chi connectivity index (χ1v) is 11.4. The number of amides is 1. The third kappa shape index (κ3) is 5.65. The maximum Gasteiger partial charge on any atom is 0.220 e. The van der Waals surface area contributed by atoms with Gasteiger partial charge < -0.3 is 15.5 Å². The number of piperidine rings is 1. The lowest BCUT2D eigenvalue weighted by molar-refractivity contribution is -0.121. The van der Waals surface area contributed by atoms with Gasteiger partial charge in [-0.2, -0.15) is 0 Å². The van der Waals surface area contributed by atoms with Crippen molar-refractivity contribution in [3.05, 3.63) is 34.9 Å². The fraction of sp³-hybridized carbons (Fsp3) is 0.652. The van der Waals surface area contributed by atoms with Crippen molar-refractivity contribution in [1.29, 1.82) is 0 Å². The minimum atomic E-state index is 0.128. The van der Waals surface area contributed by atoms with E-state index in [0.717, 1.165) is 50.0 Å². The zero-order chi connectivity index (χ0) is 20.7. The first kappa shape index (κ1) is 21.9. The van der Waals surface area contributed by atoms with Gasteiger partial charge in [0.1, 0.15) is 0 Å². The number of aliphatic imine (C=N–C) groups is 1. The predicted octanol–water partition coefficient (Wildman–Crippen LogP) is 3.97. The van der Waals surface area contributed by atoms with Gasteiger partial charge in [-0.1, -0.05) is 36.6 Å². The van der Waals surface area contributed by atoms with E-state index >= 15 is 0 Å². The van der Waals surface area contributed by atoms with Crippen molar-refractivity contribution in [2.24, 2.45) is 10.9 Å². The molecule has 1 saturated heterocycles. The van der Waals surface area contributed by atoms with E-state index in [1.54, 1.807) is 7.05 Å². The van der Waals surface area contributed by atoms with Crippen LogP contribution in [0.5, 0.6) is 0 Å². The van der Waals surface area contributed by atoms with E-state index in [-0.39, 0.29) is 11.3 Å². The van der Waals surface area contributed by atoms with Gasteiger partial charge in [0.2, 0.25) is 5.91 Å². The molecule has 6 heteroatoms. The monoisotopic (exact) mass is 418 g/mol. The number of benzene rings is 1. The van der Waals surface area contributed by atoms with Gasteiger partial charge in [0, 0.05) is 43.5 Å². The van der Waals surface area contributed by atoms with Gasteiger partial charge in [-0.15, -0.1) is 0 Å². The van der Waals surface area contributed by atoms with Crippen LogP contribution >= 0.6 is 11.6 Å². The Bertz CT molecular complexity index is 689. The average Bonchev–Trinajstić information content (AvgIpc) is 3.22. The van der Waals surface area contributed by atoms with Crippen LogP contribution in [0.3, 0.4) is 0 Å². The maximum absolute atomic E-state index is 11.7. The highest BCUT2D eigenvalue weighted by Gasteiger charge is 2.36. The third-order valence-corrected chi connectivity index (χ3v) is 6.80. The van der Waals surface area contributed by atoms with Crippen molar-refractivity contribution in [3.8, 4) is 0 Å².